The van der Waals surface area contributed by atoms with Crippen molar-refractivity contribution < 1.29 is 0 Å². The van der Waals surface area contributed by atoms with Crippen molar-refractivity contribution in [2.24, 2.45) is 4.99 Å². The Labute approximate surface area is 84.9 Å². The minimum absolute atomic E-state index is 0.0503. The number of benzene rings is 1. The predicted molar refractivity (Wildman–Crippen MR) is 60.0 cm³/mol. The summed E-state index contributed by atoms with van der Waals surface area (Å²) in [5, 5.41) is 0. The van der Waals surface area contributed by atoms with Crippen LogP contribution >= 0.6 is 0 Å². The van der Waals surface area contributed by atoms with E-state index in [1.54, 1.807) is 0 Å². The molecular weight excluding hydrogens is 170 g/mol. The van der Waals surface area contributed by atoms with E-state index in [0.29, 0.717) is 0 Å². The monoisotopic (exact) mass is 183 g/mol. The average Bonchev–Trinajstić information content (AvgIpc) is 2.41. The van der Waals surface area contributed by atoms with E-state index in [4.69, 9.17) is 6.42 Å². The fourth-order valence-electron chi connectivity index (χ4n) is 1.96. The molecule has 70 valence electrons. The SMILES string of the molecule is C#CCC1(C)C(C)=Nc2ccccc21. The van der Waals surface area contributed by atoms with Crippen LogP contribution in [0.25, 0.3) is 0 Å². The summed E-state index contributed by atoms with van der Waals surface area (Å²) in [5.41, 5.74) is 3.40. The number of hydrogen-bond acceptors (Lipinski definition) is 1. The second-order valence-corrected chi connectivity index (χ2v) is 3.93. The van der Waals surface area contributed by atoms with Crippen molar-refractivity contribution in [3.05, 3.63) is 29.8 Å². The second kappa shape index (κ2) is 2.99. The molecule has 1 aliphatic rings. The van der Waals surface area contributed by atoms with Crippen molar-refractivity contribution in [3.8, 4) is 12.3 Å². The van der Waals surface area contributed by atoms with Gasteiger partial charge in [0.1, 0.15) is 0 Å². The minimum atomic E-state index is -0.0503. The second-order valence-electron chi connectivity index (χ2n) is 3.93. The van der Waals surface area contributed by atoms with Gasteiger partial charge < -0.3 is 0 Å². The van der Waals surface area contributed by atoms with Gasteiger partial charge >= 0.3 is 0 Å². The highest BCUT2D eigenvalue weighted by Gasteiger charge is 2.35. The molecule has 0 aliphatic carbocycles. The summed E-state index contributed by atoms with van der Waals surface area (Å²) in [6, 6.07) is 8.21. The molecule has 0 aromatic heterocycles. The number of nitrogens with zero attached hydrogens (tertiary/aromatic N) is 1. The summed E-state index contributed by atoms with van der Waals surface area (Å²) in [7, 11) is 0. The Morgan fingerprint density at radius 2 is 2.14 bits per heavy atom. The van der Waals surface area contributed by atoms with Gasteiger partial charge in [-0.3, -0.25) is 4.99 Å². The van der Waals surface area contributed by atoms with Gasteiger partial charge in [0.2, 0.25) is 0 Å². The zero-order chi connectivity index (χ0) is 10.2. The summed E-state index contributed by atoms with van der Waals surface area (Å²) in [5.74, 6) is 2.74. The van der Waals surface area contributed by atoms with Crippen LogP contribution in [0.1, 0.15) is 25.8 Å². The molecule has 0 spiro atoms. The molecule has 0 saturated carbocycles. The highest BCUT2D eigenvalue weighted by Crippen LogP contribution is 2.41. The van der Waals surface area contributed by atoms with Crippen LogP contribution in [0.2, 0.25) is 0 Å². The van der Waals surface area contributed by atoms with Crippen molar-refractivity contribution in [2.75, 3.05) is 0 Å². The van der Waals surface area contributed by atoms with Crippen LogP contribution in [0, 0.1) is 12.3 Å². The summed E-state index contributed by atoms with van der Waals surface area (Å²) in [6.45, 7) is 4.22. The number of para-hydroxylation sites is 1. The summed E-state index contributed by atoms with van der Waals surface area (Å²) in [6.07, 6.45) is 6.13. The van der Waals surface area contributed by atoms with Gasteiger partial charge in [-0.2, -0.15) is 0 Å². The molecule has 1 unspecified atom stereocenters. The van der Waals surface area contributed by atoms with Crippen LogP contribution in [0.4, 0.5) is 5.69 Å². The number of rotatable bonds is 1. The average molecular weight is 183 g/mol. The molecule has 1 aromatic rings. The molecule has 1 aromatic carbocycles. The normalized spacial score (nSPS) is 23.9. The molecule has 14 heavy (non-hydrogen) atoms. The first-order valence-corrected chi connectivity index (χ1v) is 4.77. The lowest BCUT2D eigenvalue weighted by Crippen LogP contribution is -2.26. The van der Waals surface area contributed by atoms with Crippen molar-refractivity contribution >= 4 is 11.4 Å². The number of fused-ring (bicyclic) bond motifs is 1. The van der Waals surface area contributed by atoms with Gasteiger partial charge in [-0.25, -0.2) is 0 Å². The third-order valence-corrected chi connectivity index (χ3v) is 3.04. The number of hydrogen-bond donors (Lipinski definition) is 0. The van der Waals surface area contributed by atoms with E-state index in [2.05, 4.69) is 30.8 Å². The molecule has 1 heterocycles. The molecule has 1 atom stereocenters. The van der Waals surface area contributed by atoms with Crippen molar-refractivity contribution in [3.63, 3.8) is 0 Å². The van der Waals surface area contributed by atoms with Crippen LogP contribution in [-0.4, -0.2) is 5.71 Å². The van der Waals surface area contributed by atoms with Gasteiger partial charge in [-0.15, -0.1) is 12.3 Å². The first-order valence-electron chi connectivity index (χ1n) is 4.77. The molecule has 0 saturated heterocycles. The standard InChI is InChI=1S/C13H13N/c1-4-9-13(3)10(2)14-12-8-6-5-7-11(12)13/h1,5-8H,9H2,2-3H3. The highest BCUT2D eigenvalue weighted by atomic mass is 14.8. The van der Waals surface area contributed by atoms with Crippen LogP contribution in [0.15, 0.2) is 29.3 Å². The van der Waals surface area contributed by atoms with Crippen LogP contribution in [0.5, 0.6) is 0 Å². The lowest BCUT2D eigenvalue weighted by atomic mass is 9.77. The van der Waals surface area contributed by atoms with Crippen LogP contribution in [-0.2, 0) is 5.41 Å². The molecular formula is C13H13N. The Bertz CT molecular complexity index is 437. The van der Waals surface area contributed by atoms with Gasteiger partial charge in [0, 0.05) is 17.5 Å². The topological polar surface area (TPSA) is 12.4 Å². The predicted octanol–water partition coefficient (Wildman–Crippen LogP) is 3.07. The lowest BCUT2D eigenvalue weighted by Gasteiger charge is -2.23. The van der Waals surface area contributed by atoms with E-state index < -0.39 is 0 Å². The molecule has 0 radical (unpaired) electrons. The van der Waals surface area contributed by atoms with Gasteiger partial charge in [0.25, 0.3) is 0 Å². The Kier molecular flexibility index (Phi) is 1.93. The lowest BCUT2D eigenvalue weighted by molar-refractivity contribution is 0.673. The molecule has 2 rings (SSSR count). The minimum Gasteiger partial charge on any atom is -0.257 e. The Hall–Kier alpha value is -1.55. The van der Waals surface area contributed by atoms with Gasteiger partial charge in [-0.1, -0.05) is 18.2 Å². The Morgan fingerprint density at radius 3 is 2.86 bits per heavy atom. The molecule has 0 fully saturated rings. The maximum atomic E-state index is 5.41. The van der Waals surface area contributed by atoms with E-state index in [0.717, 1.165) is 17.8 Å². The highest BCUT2D eigenvalue weighted by molar-refractivity contribution is 6.00. The Morgan fingerprint density at radius 1 is 1.43 bits per heavy atom. The summed E-state index contributed by atoms with van der Waals surface area (Å²) >= 11 is 0. The van der Waals surface area contributed by atoms with E-state index >= 15 is 0 Å². The van der Waals surface area contributed by atoms with E-state index in [1.165, 1.54) is 5.56 Å². The van der Waals surface area contributed by atoms with Crippen molar-refractivity contribution in [1.82, 2.24) is 0 Å². The fourth-order valence-corrected chi connectivity index (χ4v) is 1.96. The number of terminal acetylenes is 1. The zero-order valence-corrected chi connectivity index (χ0v) is 8.54. The molecule has 1 nitrogen and oxygen atoms in total. The third-order valence-electron chi connectivity index (χ3n) is 3.04. The van der Waals surface area contributed by atoms with Crippen molar-refractivity contribution in [1.29, 1.82) is 0 Å². The molecule has 0 N–H and O–H groups in total. The first-order chi connectivity index (χ1) is 6.68. The number of aliphatic imine (C=N–C) groups is 1. The summed E-state index contributed by atoms with van der Waals surface area (Å²) < 4.78 is 0. The maximum absolute atomic E-state index is 5.41. The quantitative estimate of drug-likeness (QED) is 0.593. The smallest absolute Gasteiger partial charge is 0.0671 e. The maximum Gasteiger partial charge on any atom is 0.0671 e. The van der Waals surface area contributed by atoms with Gasteiger partial charge in [-0.05, 0) is 25.5 Å². The van der Waals surface area contributed by atoms with E-state index in [1.807, 2.05) is 18.2 Å². The van der Waals surface area contributed by atoms with E-state index in [9.17, 15) is 0 Å². The third kappa shape index (κ3) is 1.08. The van der Waals surface area contributed by atoms with Gasteiger partial charge in [0.15, 0.2) is 0 Å². The first kappa shape index (κ1) is 9.02. The fraction of sp³-hybridized carbons (Fsp3) is 0.308. The largest absolute Gasteiger partial charge is 0.257 e. The molecule has 1 aliphatic heterocycles. The molecule has 0 bridgehead atoms. The van der Waals surface area contributed by atoms with E-state index in [-0.39, 0.29) is 5.41 Å². The van der Waals surface area contributed by atoms with Crippen LogP contribution < -0.4 is 0 Å². The zero-order valence-electron chi connectivity index (χ0n) is 8.54. The summed E-state index contributed by atoms with van der Waals surface area (Å²) in [4.78, 5) is 4.54. The Balaban J connectivity index is 2.57. The molecule has 1 heteroatoms. The van der Waals surface area contributed by atoms with Crippen molar-refractivity contribution in [2.45, 2.75) is 25.7 Å². The molecule has 0 amide bonds. The van der Waals surface area contributed by atoms with Crippen LogP contribution in [0.3, 0.4) is 0 Å². The van der Waals surface area contributed by atoms with Gasteiger partial charge in [0.05, 0.1) is 5.69 Å².